The molecule has 2 aliphatic rings. The minimum absolute atomic E-state index is 0.498. The van der Waals surface area contributed by atoms with Crippen molar-refractivity contribution in [2.45, 2.75) is 59.0 Å². The molecule has 1 fully saturated rings. The van der Waals surface area contributed by atoms with E-state index in [9.17, 15) is 5.11 Å². The molecule has 0 aromatic rings. The number of fused-ring (bicyclic) bond motifs is 1. The molecule has 4 atom stereocenters. The minimum atomic E-state index is -0.499. The molecule has 92 valence electrons. The zero-order chi connectivity index (χ0) is 11.9. The maximum absolute atomic E-state index is 10.3. The van der Waals surface area contributed by atoms with Gasteiger partial charge in [0.2, 0.25) is 0 Å². The molecule has 0 heterocycles. The first kappa shape index (κ1) is 12.2. The summed E-state index contributed by atoms with van der Waals surface area (Å²) >= 11 is 0. The van der Waals surface area contributed by atoms with E-state index in [4.69, 9.17) is 0 Å². The van der Waals surface area contributed by atoms with Gasteiger partial charge in [0.25, 0.3) is 0 Å². The molecule has 0 aromatic heterocycles. The molecule has 1 nitrogen and oxygen atoms in total. The zero-order valence-electron chi connectivity index (χ0n) is 11.2. The third kappa shape index (κ3) is 2.20. The van der Waals surface area contributed by atoms with Crippen LogP contribution in [0.4, 0.5) is 0 Å². The smallest absolute Gasteiger partial charge is 0.0622 e. The van der Waals surface area contributed by atoms with Crippen molar-refractivity contribution in [1.29, 1.82) is 0 Å². The van der Waals surface area contributed by atoms with Gasteiger partial charge < -0.3 is 5.11 Å². The lowest BCUT2D eigenvalue weighted by molar-refractivity contribution is -0.0587. The maximum atomic E-state index is 10.3. The minimum Gasteiger partial charge on any atom is -0.390 e. The van der Waals surface area contributed by atoms with Crippen LogP contribution in [-0.4, -0.2) is 10.7 Å². The van der Waals surface area contributed by atoms with Crippen LogP contribution in [0.3, 0.4) is 0 Å². The molecular weight excluding hydrogens is 196 g/mol. The highest BCUT2D eigenvalue weighted by Crippen LogP contribution is 2.49. The molecule has 1 saturated carbocycles. The fraction of sp³-hybridized carbons (Fsp3) is 0.867. The summed E-state index contributed by atoms with van der Waals surface area (Å²) < 4.78 is 0. The Labute approximate surface area is 99.9 Å². The van der Waals surface area contributed by atoms with Crippen molar-refractivity contribution in [3.8, 4) is 0 Å². The maximum Gasteiger partial charge on any atom is 0.0622 e. The Morgan fingerprint density at radius 3 is 2.56 bits per heavy atom. The van der Waals surface area contributed by atoms with Gasteiger partial charge in [0, 0.05) is 0 Å². The molecular formula is C15H26O. The second-order valence-electron chi connectivity index (χ2n) is 6.63. The zero-order valence-corrected chi connectivity index (χ0v) is 11.2. The SMILES string of the molecule is CC1=CC[C@@H]2[C@H](C1)[C@H](C(C)(C)O)CC[C@H]2C. The second-order valence-corrected chi connectivity index (χ2v) is 6.63. The molecule has 16 heavy (non-hydrogen) atoms. The first-order valence-electron chi connectivity index (χ1n) is 6.77. The van der Waals surface area contributed by atoms with Gasteiger partial charge in [-0.25, -0.2) is 0 Å². The van der Waals surface area contributed by atoms with Crippen LogP contribution in [0.25, 0.3) is 0 Å². The lowest BCUT2D eigenvalue weighted by Gasteiger charge is -2.48. The Morgan fingerprint density at radius 1 is 1.25 bits per heavy atom. The molecule has 0 saturated heterocycles. The van der Waals surface area contributed by atoms with Gasteiger partial charge in [0.1, 0.15) is 0 Å². The van der Waals surface area contributed by atoms with Gasteiger partial charge in [-0.15, -0.1) is 0 Å². The predicted octanol–water partition coefficient (Wildman–Crippen LogP) is 3.78. The summed E-state index contributed by atoms with van der Waals surface area (Å²) in [4.78, 5) is 0. The van der Waals surface area contributed by atoms with Crippen LogP contribution >= 0.6 is 0 Å². The van der Waals surface area contributed by atoms with Crippen molar-refractivity contribution in [1.82, 2.24) is 0 Å². The highest BCUT2D eigenvalue weighted by molar-refractivity contribution is 5.10. The van der Waals surface area contributed by atoms with Crippen molar-refractivity contribution in [2.75, 3.05) is 0 Å². The number of allylic oxidation sites excluding steroid dienone is 2. The fourth-order valence-electron chi connectivity index (χ4n) is 3.96. The van der Waals surface area contributed by atoms with Crippen LogP contribution < -0.4 is 0 Å². The highest BCUT2D eigenvalue weighted by Gasteiger charge is 2.43. The van der Waals surface area contributed by atoms with Crippen molar-refractivity contribution in [3.05, 3.63) is 11.6 Å². The van der Waals surface area contributed by atoms with Gasteiger partial charge >= 0.3 is 0 Å². The van der Waals surface area contributed by atoms with E-state index in [0.29, 0.717) is 11.8 Å². The summed E-state index contributed by atoms with van der Waals surface area (Å²) in [6.07, 6.45) is 7.38. The molecule has 2 rings (SSSR count). The van der Waals surface area contributed by atoms with Crippen LogP contribution in [0.15, 0.2) is 11.6 Å². The average molecular weight is 222 g/mol. The number of hydrogen-bond donors (Lipinski definition) is 1. The Hall–Kier alpha value is -0.300. The molecule has 0 unspecified atom stereocenters. The molecule has 0 aliphatic heterocycles. The van der Waals surface area contributed by atoms with E-state index in [1.165, 1.54) is 31.3 Å². The number of aliphatic hydroxyl groups is 1. The van der Waals surface area contributed by atoms with Crippen LogP contribution in [0.2, 0.25) is 0 Å². The van der Waals surface area contributed by atoms with Gasteiger partial charge in [-0.3, -0.25) is 0 Å². The lowest BCUT2D eigenvalue weighted by atomic mass is 9.58. The van der Waals surface area contributed by atoms with Gasteiger partial charge in [0.05, 0.1) is 5.60 Å². The summed E-state index contributed by atoms with van der Waals surface area (Å²) in [5.74, 6) is 2.87. The molecule has 0 amide bonds. The first-order valence-corrected chi connectivity index (χ1v) is 6.77. The second kappa shape index (κ2) is 4.18. The van der Waals surface area contributed by atoms with E-state index in [-0.39, 0.29) is 0 Å². The van der Waals surface area contributed by atoms with Crippen molar-refractivity contribution >= 4 is 0 Å². The summed E-state index contributed by atoms with van der Waals surface area (Å²) in [7, 11) is 0. The number of rotatable bonds is 1. The van der Waals surface area contributed by atoms with Crippen molar-refractivity contribution in [3.63, 3.8) is 0 Å². The third-order valence-electron chi connectivity index (χ3n) is 4.93. The van der Waals surface area contributed by atoms with Gasteiger partial charge in [-0.05, 0) is 63.7 Å². The summed E-state index contributed by atoms with van der Waals surface area (Å²) in [5.41, 5.74) is 1.03. The molecule has 1 N–H and O–H groups in total. The standard InChI is InChI=1S/C15H26O/c1-10-5-7-12-11(2)6-8-14(13(12)9-10)15(3,4)16/h5,11-14,16H,6-9H2,1-4H3/t11-,12+,13+,14-/m1/s1. The third-order valence-corrected chi connectivity index (χ3v) is 4.93. The average Bonchev–Trinajstić information content (AvgIpc) is 2.15. The van der Waals surface area contributed by atoms with Gasteiger partial charge in [0.15, 0.2) is 0 Å². The molecule has 0 aromatic carbocycles. The van der Waals surface area contributed by atoms with E-state index >= 15 is 0 Å². The molecule has 1 heteroatoms. The largest absolute Gasteiger partial charge is 0.390 e. The van der Waals surface area contributed by atoms with Gasteiger partial charge in [-0.2, -0.15) is 0 Å². The van der Waals surface area contributed by atoms with Crippen LogP contribution in [-0.2, 0) is 0 Å². The molecule has 2 aliphatic carbocycles. The monoisotopic (exact) mass is 222 g/mol. The Morgan fingerprint density at radius 2 is 1.94 bits per heavy atom. The first-order chi connectivity index (χ1) is 7.39. The van der Waals surface area contributed by atoms with E-state index in [1.54, 1.807) is 0 Å². The molecule has 0 radical (unpaired) electrons. The van der Waals surface area contributed by atoms with Gasteiger partial charge in [-0.1, -0.05) is 25.0 Å². The quantitative estimate of drug-likeness (QED) is 0.669. The highest BCUT2D eigenvalue weighted by atomic mass is 16.3. The van der Waals surface area contributed by atoms with Crippen molar-refractivity contribution < 1.29 is 5.11 Å². The van der Waals surface area contributed by atoms with E-state index < -0.39 is 5.60 Å². The number of hydrogen-bond acceptors (Lipinski definition) is 1. The lowest BCUT2D eigenvalue weighted by Crippen LogP contribution is -2.45. The van der Waals surface area contributed by atoms with E-state index in [1.807, 2.05) is 13.8 Å². The topological polar surface area (TPSA) is 20.2 Å². The Balaban J connectivity index is 2.22. The van der Waals surface area contributed by atoms with Crippen LogP contribution in [0.1, 0.15) is 53.4 Å². The molecule has 0 spiro atoms. The summed E-state index contributed by atoms with van der Waals surface area (Å²) in [6.45, 7) is 8.64. The summed E-state index contributed by atoms with van der Waals surface area (Å²) in [5, 5.41) is 10.3. The predicted molar refractivity (Wildman–Crippen MR) is 68.2 cm³/mol. The Kier molecular flexibility index (Phi) is 3.18. The Bertz CT molecular complexity index is 284. The van der Waals surface area contributed by atoms with E-state index in [2.05, 4.69) is 19.9 Å². The van der Waals surface area contributed by atoms with Crippen molar-refractivity contribution in [2.24, 2.45) is 23.7 Å². The normalized spacial score (nSPS) is 40.2. The fourth-order valence-corrected chi connectivity index (χ4v) is 3.96. The van der Waals surface area contributed by atoms with E-state index in [0.717, 1.165) is 11.8 Å². The van der Waals surface area contributed by atoms with Crippen LogP contribution in [0.5, 0.6) is 0 Å². The molecule has 0 bridgehead atoms. The summed E-state index contributed by atoms with van der Waals surface area (Å²) in [6, 6.07) is 0. The van der Waals surface area contributed by atoms with Crippen LogP contribution in [0, 0.1) is 23.7 Å².